The van der Waals surface area contributed by atoms with Crippen molar-refractivity contribution in [3.05, 3.63) is 94.5 Å². The van der Waals surface area contributed by atoms with E-state index in [1.165, 1.54) is 12.1 Å². The summed E-state index contributed by atoms with van der Waals surface area (Å²) in [6.07, 6.45) is 0.730. The largest absolute Gasteiger partial charge is 0.378 e. The molecule has 4 rings (SSSR count). The number of anilines is 3. The highest BCUT2D eigenvalue weighted by Gasteiger charge is 2.33. The van der Waals surface area contributed by atoms with E-state index in [-0.39, 0.29) is 23.8 Å². The Kier molecular flexibility index (Phi) is 5.34. The number of benzene rings is 3. The van der Waals surface area contributed by atoms with Gasteiger partial charge in [-0.2, -0.15) is 0 Å². The molecular weight excluding hydrogens is 380 g/mol. The summed E-state index contributed by atoms with van der Waals surface area (Å²) < 4.78 is 0. The molecule has 0 spiro atoms. The Hall–Kier alpha value is -3.87. The minimum Gasteiger partial charge on any atom is -0.378 e. The molecule has 0 fully saturated rings. The minimum atomic E-state index is -0.478. The summed E-state index contributed by atoms with van der Waals surface area (Å²) in [5.41, 5.74) is 3.22. The zero-order valence-electron chi connectivity index (χ0n) is 16.5. The molecule has 2 unspecified atom stereocenters. The number of nitro groups is 1. The summed E-state index contributed by atoms with van der Waals surface area (Å²) in [4.78, 5) is 25.4. The van der Waals surface area contributed by atoms with Gasteiger partial charge in [-0.3, -0.25) is 15.0 Å². The third-order valence-corrected chi connectivity index (χ3v) is 5.23. The monoisotopic (exact) mass is 402 g/mol. The van der Waals surface area contributed by atoms with Crippen molar-refractivity contribution in [2.45, 2.75) is 25.4 Å². The van der Waals surface area contributed by atoms with Crippen LogP contribution in [-0.4, -0.2) is 17.0 Å². The Morgan fingerprint density at radius 1 is 1.00 bits per heavy atom. The van der Waals surface area contributed by atoms with Crippen molar-refractivity contribution in [2.75, 3.05) is 15.5 Å². The van der Waals surface area contributed by atoms with Crippen LogP contribution in [-0.2, 0) is 0 Å². The quantitative estimate of drug-likeness (QED) is 0.441. The number of carbonyl (C=O) groups is 1. The van der Waals surface area contributed by atoms with Gasteiger partial charge in [0.05, 0.1) is 16.7 Å². The molecule has 0 saturated carbocycles. The molecule has 0 bridgehead atoms. The number of amides is 2. The number of urea groups is 1. The van der Waals surface area contributed by atoms with Gasteiger partial charge in [0.2, 0.25) is 0 Å². The van der Waals surface area contributed by atoms with E-state index in [0.29, 0.717) is 5.69 Å². The van der Waals surface area contributed by atoms with Crippen LogP contribution in [0.4, 0.5) is 27.5 Å². The van der Waals surface area contributed by atoms with E-state index < -0.39 is 4.92 Å². The second-order valence-corrected chi connectivity index (χ2v) is 7.31. The maximum Gasteiger partial charge on any atom is 0.326 e. The summed E-state index contributed by atoms with van der Waals surface area (Å²) in [6, 6.07) is 23.5. The van der Waals surface area contributed by atoms with Gasteiger partial charge in [-0.05, 0) is 43.2 Å². The number of carbonyl (C=O) groups excluding carboxylic acids is 1. The van der Waals surface area contributed by atoms with Crippen molar-refractivity contribution in [3.63, 3.8) is 0 Å². The summed E-state index contributed by atoms with van der Waals surface area (Å²) in [7, 11) is 0. The number of hydrogen-bond donors (Lipinski definition) is 2. The Morgan fingerprint density at radius 3 is 2.47 bits per heavy atom. The molecule has 2 amide bonds. The third kappa shape index (κ3) is 3.96. The van der Waals surface area contributed by atoms with Crippen molar-refractivity contribution >= 4 is 28.8 Å². The van der Waals surface area contributed by atoms with Crippen LogP contribution in [0.1, 0.15) is 24.9 Å². The van der Waals surface area contributed by atoms with Crippen LogP contribution in [0.5, 0.6) is 0 Å². The van der Waals surface area contributed by atoms with E-state index in [0.717, 1.165) is 23.4 Å². The molecule has 0 aliphatic carbocycles. The molecule has 0 aromatic heterocycles. The fourth-order valence-electron chi connectivity index (χ4n) is 3.88. The van der Waals surface area contributed by atoms with Crippen LogP contribution >= 0.6 is 0 Å². The lowest BCUT2D eigenvalue weighted by Crippen LogP contribution is -2.46. The predicted molar refractivity (Wildman–Crippen MR) is 118 cm³/mol. The average Bonchev–Trinajstić information content (AvgIpc) is 2.74. The average molecular weight is 402 g/mol. The third-order valence-electron chi connectivity index (χ3n) is 5.23. The zero-order valence-corrected chi connectivity index (χ0v) is 16.5. The first-order chi connectivity index (χ1) is 14.5. The molecule has 0 radical (unpaired) electrons. The Labute approximate surface area is 174 Å². The summed E-state index contributed by atoms with van der Waals surface area (Å²) in [5.74, 6) is 0. The fraction of sp³-hybridized carbons (Fsp3) is 0.174. The maximum absolute atomic E-state index is 13.1. The van der Waals surface area contributed by atoms with Crippen LogP contribution in [0.2, 0.25) is 0 Å². The van der Waals surface area contributed by atoms with E-state index in [1.807, 2.05) is 61.5 Å². The van der Waals surface area contributed by atoms with Crippen molar-refractivity contribution < 1.29 is 9.72 Å². The Morgan fingerprint density at radius 2 is 1.70 bits per heavy atom. The highest BCUT2D eigenvalue weighted by molar-refractivity contribution is 6.03. The first kappa shape index (κ1) is 19.4. The highest BCUT2D eigenvalue weighted by atomic mass is 16.6. The smallest absolute Gasteiger partial charge is 0.326 e. The number of rotatable bonds is 4. The van der Waals surface area contributed by atoms with Crippen LogP contribution < -0.4 is 15.5 Å². The second-order valence-electron chi connectivity index (χ2n) is 7.31. The highest BCUT2D eigenvalue weighted by Crippen LogP contribution is 2.39. The van der Waals surface area contributed by atoms with Gasteiger partial charge in [0.1, 0.15) is 0 Å². The van der Waals surface area contributed by atoms with E-state index in [1.54, 1.807) is 17.0 Å². The summed E-state index contributed by atoms with van der Waals surface area (Å²) in [5, 5.41) is 17.4. The van der Waals surface area contributed by atoms with Crippen molar-refractivity contribution in [3.8, 4) is 0 Å². The Balaban J connectivity index is 1.60. The fourth-order valence-corrected chi connectivity index (χ4v) is 3.88. The lowest BCUT2D eigenvalue weighted by atomic mass is 9.91. The molecule has 152 valence electrons. The van der Waals surface area contributed by atoms with Crippen molar-refractivity contribution in [2.24, 2.45) is 0 Å². The number of para-hydroxylation sites is 2. The van der Waals surface area contributed by atoms with Crippen LogP contribution in [0.15, 0.2) is 78.9 Å². The Bertz CT molecular complexity index is 1070. The maximum atomic E-state index is 13.1. The van der Waals surface area contributed by atoms with Gasteiger partial charge in [-0.15, -0.1) is 0 Å². The summed E-state index contributed by atoms with van der Waals surface area (Å²) >= 11 is 0. The van der Waals surface area contributed by atoms with Gasteiger partial charge in [0.25, 0.3) is 5.69 Å². The van der Waals surface area contributed by atoms with Gasteiger partial charge in [0, 0.05) is 29.5 Å². The molecule has 0 saturated heterocycles. The van der Waals surface area contributed by atoms with Gasteiger partial charge in [-0.1, -0.05) is 42.5 Å². The lowest BCUT2D eigenvalue weighted by Gasteiger charge is -2.39. The van der Waals surface area contributed by atoms with Crippen LogP contribution in [0.25, 0.3) is 0 Å². The van der Waals surface area contributed by atoms with E-state index >= 15 is 0 Å². The van der Waals surface area contributed by atoms with E-state index in [2.05, 4.69) is 10.6 Å². The molecule has 3 aromatic carbocycles. The molecule has 1 aliphatic heterocycles. The molecule has 7 heteroatoms. The first-order valence-corrected chi connectivity index (χ1v) is 9.78. The molecule has 30 heavy (non-hydrogen) atoms. The molecule has 1 aliphatic rings. The zero-order chi connectivity index (χ0) is 21.1. The van der Waals surface area contributed by atoms with Crippen LogP contribution in [0.3, 0.4) is 0 Å². The number of nitrogens with zero attached hydrogens (tertiary/aromatic N) is 2. The van der Waals surface area contributed by atoms with Gasteiger partial charge < -0.3 is 10.6 Å². The van der Waals surface area contributed by atoms with Crippen LogP contribution in [0, 0.1) is 10.1 Å². The van der Waals surface area contributed by atoms with E-state index in [4.69, 9.17) is 0 Å². The predicted octanol–water partition coefficient (Wildman–Crippen LogP) is 5.58. The van der Waals surface area contributed by atoms with Gasteiger partial charge in [-0.25, -0.2) is 4.79 Å². The van der Waals surface area contributed by atoms with Gasteiger partial charge >= 0.3 is 6.03 Å². The SMILES string of the molecule is CC1CC(Nc2ccccc2)c2ccccc2N1C(=O)Nc1cccc([N+](=O)[O-])c1. The molecule has 7 nitrogen and oxygen atoms in total. The normalized spacial score (nSPS) is 17.7. The topological polar surface area (TPSA) is 87.5 Å². The number of non-ortho nitro benzene ring substituents is 1. The number of hydrogen-bond acceptors (Lipinski definition) is 4. The van der Waals surface area contributed by atoms with Crippen molar-refractivity contribution in [1.29, 1.82) is 0 Å². The summed E-state index contributed by atoms with van der Waals surface area (Å²) in [6.45, 7) is 2.00. The second kappa shape index (κ2) is 8.24. The molecule has 1 heterocycles. The van der Waals surface area contributed by atoms with Gasteiger partial charge in [0.15, 0.2) is 0 Å². The standard InChI is InChI=1S/C23H22N4O3/c1-16-14-21(24-17-8-3-2-4-9-17)20-12-5-6-13-22(20)26(16)23(28)25-18-10-7-11-19(15-18)27(29)30/h2-13,15-16,21,24H,14H2,1H3,(H,25,28). The van der Waals surface area contributed by atoms with Crippen molar-refractivity contribution in [1.82, 2.24) is 0 Å². The number of fused-ring (bicyclic) bond motifs is 1. The molecule has 2 atom stereocenters. The number of nitro benzene ring substituents is 1. The lowest BCUT2D eigenvalue weighted by molar-refractivity contribution is -0.384. The molecule has 3 aromatic rings. The van der Waals surface area contributed by atoms with E-state index in [9.17, 15) is 14.9 Å². The minimum absolute atomic E-state index is 0.0629. The number of nitrogens with one attached hydrogen (secondary N) is 2. The molecular formula is C23H22N4O3. The first-order valence-electron chi connectivity index (χ1n) is 9.78. The molecule has 2 N–H and O–H groups in total.